The van der Waals surface area contributed by atoms with Gasteiger partial charge in [-0.2, -0.15) is 4.72 Å². The molecule has 1 N–H and O–H groups in total. The Kier molecular flexibility index (Phi) is 8.31. The van der Waals surface area contributed by atoms with Crippen LogP contribution in [0.1, 0.15) is 12.5 Å². The van der Waals surface area contributed by atoms with Crippen LogP contribution < -0.4 is 9.46 Å². The maximum absolute atomic E-state index is 12.8. The minimum atomic E-state index is -3.90. The maximum atomic E-state index is 12.8. The standard InChI is InChI=1S/C23H28ClN3O4S/c1-18(25-32(29,30)20-10-11-22(31-2)21(24)17-20)23(28)27-15-13-26(14-16-27)12-6-9-19-7-4-3-5-8-19/h3-11,17-18,25H,12-16H2,1-2H3/b9-6+/t18-/m1/s1. The van der Waals surface area contributed by atoms with E-state index < -0.39 is 16.1 Å². The van der Waals surface area contributed by atoms with Gasteiger partial charge in [-0.25, -0.2) is 8.42 Å². The number of sulfonamides is 1. The molecule has 3 rings (SSSR count). The normalized spacial score (nSPS) is 16.3. The summed E-state index contributed by atoms with van der Waals surface area (Å²) in [4.78, 5) is 16.7. The number of amides is 1. The van der Waals surface area contributed by atoms with Crippen LogP contribution in [0.5, 0.6) is 5.75 Å². The van der Waals surface area contributed by atoms with Crippen molar-refractivity contribution >= 4 is 33.6 Å². The summed E-state index contributed by atoms with van der Waals surface area (Å²) in [7, 11) is -2.44. The van der Waals surface area contributed by atoms with E-state index in [1.165, 1.54) is 25.3 Å². The van der Waals surface area contributed by atoms with Gasteiger partial charge in [0.2, 0.25) is 15.9 Å². The zero-order valence-electron chi connectivity index (χ0n) is 18.2. The first kappa shape index (κ1) is 24.3. The van der Waals surface area contributed by atoms with Crippen LogP contribution in [0.2, 0.25) is 5.02 Å². The molecular formula is C23H28ClN3O4S. The number of carbonyl (C=O) groups excluding carboxylic acids is 1. The quantitative estimate of drug-likeness (QED) is 0.632. The smallest absolute Gasteiger partial charge is 0.241 e. The van der Waals surface area contributed by atoms with Crippen LogP contribution >= 0.6 is 11.6 Å². The van der Waals surface area contributed by atoms with Crippen molar-refractivity contribution in [3.05, 3.63) is 65.2 Å². The van der Waals surface area contributed by atoms with Gasteiger partial charge in [-0.15, -0.1) is 0 Å². The van der Waals surface area contributed by atoms with E-state index in [2.05, 4.69) is 33.9 Å². The molecule has 1 fully saturated rings. The number of carbonyl (C=O) groups is 1. The molecule has 2 aromatic rings. The third kappa shape index (κ3) is 6.32. The molecule has 7 nitrogen and oxygen atoms in total. The number of ether oxygens (including phenoxy) is 1. The van der Waals surface area contributed by atoms with Gasteiger partial charge in [0.25, 0.3) is 0 Å². The minimum absolute atomic E-state index is 0.0158. The minimum Gasteiger partial charge on any atom is -0.495 e. The Hall–Kier alpha value is -2.39. The molecule has 0 unspecified atom stereocenters. The van der Waals surface area contributed by atoms with Gasteiger partial charge in [0.1, 0.15) is 5.75 Å². The first-order valence-corrected chi connectivity index (χ1v) is 12.2. The second-order valence-electron chi connectivity index (χ2n) is 7.58. The van der Waals surface area contributed by atoms with E-state index in [1.807, 2.05) is 18.2 Å². The van der Waals surface area contributed by atoms with Crippen LogP contribution in [0.4, 0.5) is 0 Å². The van der Waals surface area contributed by atoms with Crippen molar-refractivity contribution in [1.29, 1.82) is 0 Å². The molecule has 0 aliphatic carbocycles. The van der Waals surface area contributed by atoms with Crippen molar-refractivity contribution in [1.82, 2.24) is 14.5 Å². The molecule has 9 heteroatoms. The molecule has 0 saturated carbocycles. The summed E-state index contributed by atoms with van der Waals surface area (Å²) < 4.78 is 32.8. The summed E-state index contributed by atoms with van der Waals surface area (Å²) in [6, 6.07) is 13.4. The monoisotopic (exact) mass is 477 g/mol. The Labute approximate surface area is 194 Å². The predicted molar refractivity (Wildman–Crippen MR) is 126 cm³/mol. The lowest BCUT2D eigenvalue weighted by Gasteiger charge is -2.35. The number of methoxy groups -OCH3 is 1. The van der Waals surface area contributed by atoms with E-state index in [4.69, 9.17) is 16.3 Å². The Morgan fingerprint density at radius 1 is 1.16 bits per heavy atom. The fraction of sp³-hybridized carbons (Fsp3) is 0.348. The van der Waals surface area contributed by atoms with Gasteiger partial charge < -0.3 is 9.64 Å². The van der Waals surface area contributed by atoms with Gasteiger partial charge in [0.05, 0.1) is 23.1 Å². The summed E-state index contributed by atoms with van der Waals surface area (Å²) in [5.41, 5.74) is 1.15. The second kappa shape index (κ2) is 11.0. The van der Waals surface area contributed by atoms with Crippen LogP contribution in [0, 0.1) is 0 Å². The van der Waals surface area contributed by atoms with E-state index in [0.29, 0.717) is 18.8 Å². The summed E-state index contributed by atoms with van der Waals surface area (Å²) in [5, 5.41) is 0.187. The lowest BCUT2D eigenvalue weighted by molar-refractivity contribution is -0.134. The number of piperazine rings is 1. The molecule has 1 heterocycles. The highest BCUT2D eigenvalue weighted by Crippen LogP contribution is 2.27. The van der Waals surface area contributed by atoms with Gasteiger partial charge in [-0.1, -0.05) is 54.1 Å². The molecule has 1 aliphatic heterocycles. The predicted octanol–water partition coefficient (Wildman–Crippen LogP) is 2.87. The van der Waals surface area contributed by atoms with Crippen molar-refractivity contribution in [3.8, 4) is 5.75 Å². The zero-order chi connectivity index (χ0) is 23.1. The molecule has 0 radical (unpaired) electrons. The Morgan fingerprint density at radius 2 is 1.84 bits per heavy atom. The van der Waals surface area contributed by atoms with Gasteiger partial charge in [0, 0.05) is 32.7 Å². The zero-order valence-corrected chi connectivity index (χ0v) is 19.8. The summed E-state index contributed by atoms with van der Waals surface area (Å²) in [6.07, 6.45) is 4.20. The largest absolute Gasteiger partial charge is 0.495 e. The molecule has 32 heavy (non-hydrogen) atoms. The molecule has 0 bridgehead atoms. The van der Waals surface area contributed by atoms with Crippen LogP contribution in [0.25, 0.3) is 6.08 Å². The number of rotatable bonds is 8. The molecule has 172 valence electrons. The summed E-state index contributed by atoms with van der Waals surface area (Å²) in [6.45, 7) is 4.94. The number of benzene rings is 2. The molecule has 2 aromatic carbocycles. The van der Waals surface area contributed by atoms with E-state index in [-0.39, 0.29) is 15.8 Å². The van der Waals surface area contributed by atoms with Gasteiger partial charge in [-0.3, -0.25) is 9.69 Å². The van der Waals surface area contributed by atoms with Crippen LogP contribution in [-0.2, 0) is 14.8 Å². The first-order valence-electron chi connectivity index (χ1n) is 10.4. The Bertz CT molecular complexity index is 1050. The molecule has 0 aromatic heterocycles. The number of nitrogens with zero attached hydrogens (tertiary/aromatic N) is 2. The maximum Gasteiger partial charge on any atom is 0.241 e. The molecular weight excluding hydrogens is 450 g/mol. The highest BCUT2D eigenvalue weighted by Gasteiger charge is 2.28. The van der Waals surface area contributed by atoms with Crippen molar-refractivity contribution < 1.29 is 17.9 Å². The van der Waals surface area contributed by atoms with Crippen molar-refractivity contribution in [3.63, 3.8) is 0 Å². The summed E-state index contributed by atoms with van der Waals surface area (Å²) >= 11 is 6.04. The fourth-order valence-electron chi connectivity index (χ4n) is 3.49. The van der Waals surface area contributed by atoms with Crippen molar-refractivity contribution in [2.45, 2.75) is 17.9 Å². The van der Waals surface area contributed by atoms with E-state index in [0.717, 1.165) is 25.2 Å². The van der Waals surface area contributed by atoms with Gasteiger partial charge >= 0.3 is 0 Å². The highest BCUT2D eigenvalue weighted by atomic mass is 35.5. The van der Waals surface area contributed by atoms with Crippen molar-refractivity contribution in [2.75, 3.05) is 39.8 Å². The highest BCUT2D eigenvalue weighted by molar-refractivity contribution is 7.89. The SMILES string of the molecule is COc1ccc(S(=O)(=O)N[C@H](C)C(=O)N2CCN(C/C=C/c3ccccc3)CC2)cc1Cl. The topological polar surface area (TPSA) is 78.9 Å². The number of nitrogens with one attached hydrogen (secondary N) is 1. The first-order chi connectivity index (χ1) is 15.3. The van der Waals surface area contributed by atoms with Gasteiger partial charge in [-0.05, 0) is 30.7 Å². The average molecular weight is 478 g/mol. The lowest BCUT2D eigenvalue weighted by atomic mass is 10.2. The molecule has 1 saturated heterocycles. The third-order valence-electron chi connectivity index (χ3n) is 5.29. The number of halogens is 1. The van der Waals surface area contributed by atoms with E-state index in [1.54, 1.807) is 11.8 Å². The van der Waals surface area contributed by atoms with Crippen molar-refractivity contribution in [2.24, 2.45) is 0 Å². The lowest BCUT2D eigenvalue weighted by Crippen LogP contribution is -2.54. The molecule has 1 atom stereocenters. The number of hydrogen-bond donors (Lipinski definition) is 1. The van der Waals surface area contributed by atoms with Crippen LogP contribution in [0.3, 0.4) is 0 Å². The molecule has 0 spiro atoms. The molecule has 1 aliphatic rings. The number of hydrogen-bond acceptors (Lipinski definition) is 5. The fourth-order valence-corrected chi connectivity index (χ4v) is 5.04. The van der Waals surface area contributed by atoms with E-state index in [9.17, 15) is 13.2 Å². The third-order valence-corrected chi connectivity index (χ3v) is 7.13. The second-order valence-corrected chi connectivity index (χ2v) is 9.70. The molecule has 1 amide bonds. The van der Waals surface area contributed by atoms with Gasteiger partial charge in [0.15, 0.2) is 0 Å². The van der Waals surface area contributed by atoms with E-state index >= 15 is 0 Å². The Morgan fingerprint density at radius 3 is 2.47 bits per heavy atom. The van der Waals surface area contributed by atoms with Crippen LogP contribution in [-0.4, -0.2) is 70.0 Å². The Balaban J connectivity index is 1.51. The summed E-state index contributed by atoms with van der Waals surface area (Å²) in [5.74, 6) is 0.138. The van der Waals surface area contributed by atoms with Crippen LogP contribution in [0.15, 0.2) is 59.5 Å². The average Bonchev–Trinajstić information content (AvgIpc) is 2.79.